The molecule has 0 fully saturated rings. The molecule has 0 aliphatic carbocycles. The van der Waals surface area contributed by atoms with Crippen molar-refractivity contribution < 1.29 is 51.0 Å². The Morgan fingerprint density at radius 1 is 1.48 bits per heavy atom. The number of thioether (sulfide) groups is 1. The SMILES string of the molecule is CSCOc1ccc(C2=[C-]CCC(=O)N2CC(F)F)c(Br)c1.[Y]. The number of alkyl halides is 2. The summed E-state index contributed by atoms with van der Waals surface area (Å²) >= 11 is 4.97. The molecule has 0 aromatic heterocycles. The molecule has 1 heterocycles. The van der Waals surface area contributed by atoms with Gasteiger partial charge in [-0.05, 0) is 18.4 Å². The van der Waals surface area contributed by atoms with Crippen LogP contribution in [0.2, 0.25) is 0 Å². The summed E-state index contributed by atoms with van der Waals surface area (Å²) in [4.78, 5) is 13.0. The molecule has 123 valence electrons. The average molecular weight is 480 g/mol. The van der Waals surface area contributed by atoms with Crippen molar-refractivity contribution in [2.45, 2.75) is 19.3 Å². The maximum atomic E-state index is 12.7. The molecular weight excluding hydrogens is 465 g/mol. The van der Waals surface area contributed by atoms with Gasteiger partial charge in [0.2, 0.25) is 5.91 Å². The number of allylic oxidation sites excluding steroid dienone is 1. The van der Waals surface area contributed by atoms with E-state index in [2.05, 4.69) is 22.0 Å². The fourth-order valence-corrected chi connectivity index (χ4v) is 2.92. The minimum Gasteiger partial charge on any atom is -0.483 e. The van der Waals surface area contributed by atoms with Crippen LogP contribution < -0.4 is 4.74 Å². The van der Waals surface area contributed by atoms with Crippen LogP contribution in [-0.4, -0.2) is 36.0 Å². The van der Waals surface area contributed by atoms with Crippen LogP contribution in [0.1, 0.15) is 18.4 Å². The molecule has 1 radical (unpaired) electrons. The van der Waals surface area contributed by atoms with E-state index in [0.29, 0.717) is 33.8 Å². The molecule has 1 amide bonds. The average Bonchev–Trinajstić information content (AvgIpc) is 2.47. The molecule has 23 heavy (non-hydrogen) atoms. The van der Waals surface area contributed by atoms with Gasteiger partial charge >= 0.3 is 0 Å². The van der Waals surface area contributed by atoms with Crippen molar-refractivity contribution in [3.05, 3.63) is 34.3 Å². The van der Waals surface area contributed by atoms with Gasteiger partial charge < -0.3 is 9.64 Å². The fraction of sp³-hybridized carbons (Fsp3) is 0.400. The third-order valence-electron chi connectivity index (χ3n) is 3.06. The van der Waals surface area contributed by atoms with Crippen molar-refractivity contribution in [1.82, 2.24) is 4.90 Å². The van der Waals surface area contributed by atoms with Gasteiger partial charge in [0.05, 0.1) is 6.54 Å². The Morgan fingerprint density at radius 2 is 2.22 bits per heavy atom. The van der Waals surface area contributed by atoms with Crippen LogP contribution in [-0.2, 0) is 37.5 Å². The van der Waals surface area contributed by atoms with Gasteiger partial charge in [-0.3, -0.25) is 4.79 Å². The summed E-state index contributed by atoms with van der Waals surface area (Å²) in [6.45, 7) is -0.613. The zero-order valence-electron chi connectivity index (χ0n) is 12.5. The maximum Gasteiger partial charge on any atom is 0.256 e. The molecule has 3 nitrogen and oxygen atoms in total. The van der Waals surface area contributed by atoms with Gasteiger partial charge in [-0.1, -0.05) is 20.4 Å². The van der Waals surface area contributed by atoms with Crippen molar-refractivity contribution in [3.8, 4) is 5.75 Å². The number of nitrogens with zero attached hydrogens (tertiary/aromatic N) is 1. The number of rotatable bonds is 6. The second-order valence-corrected chi connectivity index (χ2v) is 6.28. The van der Waals surface area contributed by atoms with Crippen LogP contribution in [0.4, 0.5) is 8.78 Å². The number of halogens is 3. The van der Waals surface area contributed by atoms with Gasteiger partial charge in [0.15, 0.2) is 0 Å². The van der Waals surface area contributed by atoms with Crippen LogP contribution in [0.15, 0.2) is 22.7 Å². The Kier molecular flexibility index (Phi) is 9.26. The standard InChI is InChI=1S/C15H15BrF2NO2S.Y/c1-22-9-21-10-5-6-11(12(16)7-10)13-3-2-4-15(20)19(13)8-14(17)18;/h5-7,14H,2,4,8-9H2,1H3;/q-1;. The molecule has 0 saturated heterocycles. The first-order chi connectivity index (χ1) is 10.5. The van der Waals surface area contributed by atoms with E-state index in [1.165, 1.54) is 0 Å². The van der Waals surface area contributed by atoms with E-state index in [1.807, 2.05) is 6.26 Å². The number of carbonyl (C=O) groups excluding carboxylic acids is 1. The molecule has 0 atom stereocenters. The monoisotopic (exact) mass is 479 g/mol. The molecule has 0 N–H and O–H groups in total. The van der Waals surface area contributed by atoms with E-state index < -0.39 is 13.0 Å². The normalized spacial score (nSPS) is 14.6. The largest absolute Gasteiger partial charge is 0.483 e. The summed E-state index contributed by atoms with van der Waals surface area (Å²) in [6.07, 6.45) is 3.03. The molecular formula is C15H15BrF2NO2SY-. The summed E-state index contributed by atoms with van der Waals surface area (Å²) in [5, 5.41) is 0. The summed E-state index contributed by atoms with van der Waals surface area (Å²) in [5.74, 6) is 0.896. The molecule has 2 rings (SSSR count). The van der Waals surface area contributed by atoms with Crippen molar-refractivity contribution in [1.29, 1.82) is 0 Å². The number of ether oxygens (including phenoxy) is 1. The van der Waals surface area contributed by atoms with Crippen LogP contribution in [0.3, 0.4) is 0 Å². The maximum absolute atomic E-state index is 12.7. The summed E-state index contributed by atoms with van der Waals surface area (Å²) in [7, 11) is 0. The first-order valence-electron chi connectivity index (χ1n) is 6.64. The van der Waals surface area contributed by atoms with E-state index in [1.54, 1.807) is 30.0 Å². The quantitative estimate of drug-likeness (QED) is 0.453. The summed E-state index contributed by atoms with van der Waals surface area (Å²) in [5.41, 5.74) is 1.06. The first-order valence-corrected chi connectivity index (χ1v) is 8.82. The van der Waals surface area contributed by atoms with Crippen LogP contribution in [0, 0.1) is 6.08 Å². The van der Waals surface area contributed by atoms with E-state index in [0.717, 1.165) is 4.90 Å². The second-order valence-electron chi connectivity index (χ2n) is 4.61. The van der Waals surface area contributed by atoms with Gasteiger partial charge in [-0.15, -0.1) is 35.5 Å². The van der Waals surface area contributed by atoms with Gasteiger partial charge in [0.25, 0.3) is 6.43 Å². The van der Waals surface area contributed by atoms with E-state index in [9.17, 15) is 13.6 Å². The topological polar surface area (TPSA) is 29.5 Å². The fourth-order valence-electron chi connectivity index (χ4n) is 2.12. The third kappa shape index (κ3) is 5.80. The molecule has 1 aromatic rings. The summed E-state index contributed by atoms with van der Waals surface area (Å²) < 4.78 is 31.6. The van der Waals surface area contributed by atoms with Crippen molar-refractivity contribution in [3.63, 3.8) is 0 Å². The van der Waals surface area contributed by atoms with Crippen LogP contribution >= 0.6 is 27.7 Å². The van der Waals surface area contributed by atoms with Gasteiger partial charge in [0, 0.05) is 39.1 Å². The third-order valence-corrected chi connectivity index (χ3v) is 4.07. The zero-order chi connectivity index (χ0) is 16.1. The van der Waals surface area contributed by atoms with E-state index in [4.69, 9.17) is 4.74 Å². The molecule has 0 bridgehead atoms. The van der Waals surface area contributed by atoms with Crippen LogP contribution in [0.5, 0.6) is 5.75 Å². The minimum absolute atomic E-state index is 0. The van der Waals surface area contributed by atoms with E-state index in [-0.39, 0.29) is 45.0 Å². The molecule has 1 aliphatic rings. The Morgan fingerprint density at radius 3 is 2.83 bits per heavy atom. The predicted molar refractivity (Wildman–Crippen MR) is 86.8 cm³/mol. The van der Waals surface area contributed by atoms with Gasteiger partial charge in [0.1, 0.15) is 11.7 Å². The number of benzene rings is 1. The van der Waals surface area contributed by atoms with E-state index >= 15 is 0 Å². The van der Waals surface area contributed by atoms with Gasteiger partial charge in [-0.2, -0.15) is 0 Å². The molecule has 8 heteroatoms. The molecule has 0 saturated carbocycles. The number of hydrogen-bond donors (Lipinski definition) is 0. The Labute approximate surface area is 172 Å². The zero-order valence-corrected chi connectivity index (χ0v) is 17.8. The van der Waals surface area contributed by atoms with Crippen molar-refractivity contribution in [2.24, 2.45) is 0 Å². The number of carbonyl (C=O) groups is 1. The smallest absolute Gasteiger partial charge is 0.256 e. The minimum atomic E-state index is -2.58. The second kappa shape index (κ2) is 10.1. The predicted octanol–water partition coefficient (Wildman–Crippen LogP) is 4.18. The van der Waals surface area contributed by atoms with Crippen LogP contribution in [0.25, 0.3) is 5.70 Å². The molecule has 1 aromatic carbocycles. The summed E-state index contributed by atoms with van der Waals surface area (Å²) in [6, 6.07) is 5.27. The number of amides is 1. The van der Waals surface area contributed by atoms with Crippen molar-refractivity contribution >= 4 is 39.3 Å². The Hall–Kier alpha value is 0.0239. The Bertz CT molecular complexity index is 587. The Balaban J connectivity index is 0.00000264. The van der Waals surface area contributed by atoms with Gasteiger partial charge in [-0.25, -0.2) is 14.9 Å². The number of hydrogen-bond acceptors (Lipinski definition) is 3. The molecule has 0 spiro atoms. The van der Waals surface area contributed by atoms with Crippen molar-refractivity contribution in [2.75, 3.05) is 18.7 Å². The first kappa shape index (κ1) is 21.1. The molecule has 0 unspecified atom stereocenters. The molecule has 1 aliphatic heterocycles.